The molecule has 0 unspecified atom stereocenters. The van der Waals surface area contributed by atoms with Gasteiger partial charge in [0.25, 0.3) is 0 Å². The number of hydrogen-bond acceptors (Lipinski definition) is 5. The maximum atomic E-state index is 5.70. The van der Waals surface area contributed by atoms with E-state index in [0.29, 0.717) is 12.2 Å². The highest BCUT2D eigenvalue weighted by atomic mass is 16.5. The van der Waals surface area contributed by atoms with Crippen molar-refractivity contribution < 1.29 is 4.52 Å². The molecule has 6 nitrogen and oxygen atoms in total. The van der Waals surface area contributed by atoms with Crippen LogP contribution in [0, 0.1) is 0 Å². The standard InChI is InChI=1S/C11H11N5O/c12-8-1-2-10-9(5-8)13-6-16(10)4-3-11-14-7-17-15-11/h1-2,5-7H,3-4,12H2. The Labute approximate surface area is 97.1 Å². The van der Waals surface area contributed by atoms with Crippen molar-refractivity contribution in [3.8, 4) is 0 Å². The third kappa shape index (κ3) is 1.84. The fraction of sp³-hybridized carbons (Fsp3) is 0.182. The van der Waals surface area contributed by atoms with Crippen molar-refractivity contribution in [1.29, 1.82) is 0 Å². The van der Waals surface area contributed by atoms with Crippen molar-refractivity contribution in [3.05, 3.63) is 36.7 Å². The van der Waals surface area contributed by atoms with E-state index in [4.69, 9.17) is 5.73 Å². The molecule has 2 aromatic heterocycles. The summed E-state index contributed by atoms with van der Waals surface area (Å²) in [5, 5.41) is 3.77. The molecule has 1 aromatic carbocycles. The Morgan fingerprint density at radius 1 is 1.29 bits per heavy atom. The molecular formula is C11H11N5O. The molecule has 0 aliphatic carbocycles. The molecule has 17 heavy (non-hydrogen) atoms. The van der Waals surface area contributed by atoms with E-state index in [1.807, 2.05) is 22.8 Å². The van der Waals surface area contributed by atoms with Crippen molar-refractivity contribution in [1.82, 2.24) is 19.7 Å². The highest BCUT2D eigenvalue weighted by Crippen LogP contribution is 2.16. The summed E-state index contributed by atoms with van der Waals surface area (Å²) in [5.74, 6) is 0.697. The number of aryl methyl sites for hydroxylation is 2. The lowest BCUT2D eigenvalue weighted by atomic mass is 10.3. The van der Waals surface area contributed by atoms with Gasteiger partial charge in [-0.2, -0.15) is 4.98 Å². The maximum Gasteiger partial charge on any atom is 0.213 e. The smallest absolute Gasteiger partial charge is 0.213 e. The van der Waals surface area contributed by atoms with Crippen LogP contribution in [0.15, 0.2) is 35.4 Å². The summed E-state index contributed by atoms with van der Waals surface area (Å²) in [4.78, 5) is 8.28. The van der Waals surface area contributed by atoms with E-state index in [1.54, 1.807) is 6.33 Å². The van der Waals surface area contributed by atoms with Gasteiger partial charge in [0.1, 0.15) is 0 Å². The van der Waals surface area contributed by atoms with Crippen molar-refractivity contribution in [3.63, 3.8) is 0 Å². The quantitative estimate of drug-likeness (QED) is 0.683. The predicted octanol–water partition coefficient (Wildman–Crippen LogP) is 1.24. The molecule has 2 heterocycles. The van der Waals surface area contributed by atoms with E-state index >= 15 is 0 Å². The number of nitrogen functional groups attached to an aromatic ring is 1. The van der Waals surface area contributed by atoms with Gasteiger partial charge < -0.3 is 14.8 Å². The first kappa shape index (κ1) is 9.83. The average Bonchev–Trinajstić information content (AvgIpc) is 2.94. The third-order valence-electron chi connectivity index (χ3n) is 2.63. The summed E-state index contributed by atoms with van der Waals surface area (Å²) >= 11 is 0. The number of nitrogens with zero attached hydrogens (tertiary/aromatic N) is 4. The molecule has 0 saturated carbocycles. The van der Waals surface area contributed by atoms with Crippen LogP contribution < -0.4 is 5.73 Å². The summed E-state index contributed by atoms with van der Waals surface area (Å²) in [6.07, 6.45) is 3.85. The Morgan fingerprint density at radius 3 is 3.06 bits per heavy atom. The maximum absolute atomic E-state index is 5.70. The molecule has 0 bridgehead atoms. The number of hydrogen-bond donors (Lipinski definition) is 1. The average molecular weight is 229 g/mol. The third-order valence-corrected chi connectivity index (χ3v) is 2.63. The van der Waals surface area contributed by atoms with Gasteiger partial charge in [0.05, 0.1) is 17.4 Å². The molecule has 0 aliphatic heterocycles. The molecule has 0 saturated heterocycles. The van der Waals surface area contributed by atoms with Crippen LogP contribution in [0.3, 0.4) is 0 Å². The molecule has 0 aliphatic rings. The van der Waals surface area contributed by atoms with Crippen molar-refractivity contribution in [2.75, 3.05) is 5.73 Å². The number of imidazole rings is 1. The second kappa shape index (κ2) is 3.89. The van der Waals surface area contributed by atoms with Gasteiger partial charge in [0, 0.05) is 18.7 Å². The predicted molar refractivity (Wildman–Crippen MR) is 62.1 cm³/mol. The fourth-order valence-electron chi connectivity index (χ4n) is 1.78. The van der Waals surface area contributed by atoms with Crippen molar-refractivity contribution >= 4 is 16.7 Å². The van der Waals surface area contributed by atoms with E-state index in [0.717, 1.165) is 23.3 Å². The normalized spacial score (nSPS) is 11.1. The van der Waals surface area contributed by atoms with Gasteiger partial charge in [-0.15, -0.1) is 0 Å². The number of fused-ring (bicyclic) bond motifs is 1. The summed E-state index contributed by atoms with van der Waals surface area (Å²) in [6, 6.07) is 5.70. The largest absolute Gasteiger partial charge is 0.399 e. The zero-order valence-corrected chi connectivity index (χ0v) is 9.08. The minimum absolute atomic E-state index is 0.697. The number of nitrogens with two attached hydrogens (primary N) is 1. The molecule has 0 amide bonds. The van der Waals surface area contributed by atoms with E-state index in [2.05, 4.69) is 19.6 Å². The van der Waals surface area contributed by atoms with E-state index < -0.39 is 0 Å². The van der Waals surface area contributed by atoms with Crippen molar-refractivity contribution in [2.45, 2.75) is 13.0 Å². The summed E-state index contributed by atoms with van der Waals surface area (Å²) in [6.45, 7) is 0.764. The highest BCUT2D eigenvalue weighted by molar-refractivity contribution is 5.78. The number of benzene rings is 1. The highest BCUT2D eigenvalue weighted by Gasteiger charge is 2.04. The van der Waals surface area contributed by atoms with Gasteiger partial charge in [-0.05, 0) is 18.2 Å². The second-order valence-corrected chi connectivity index (χ2v) is 3.78. The summed E-state index contributed by atoms with van der Waals surface area (Å²) in [5.41, 5.74) is 8.38. The molecule has 0 radical (unpaired) electrons. The molecular weight excluding hydrogens is 218 g/mol. The van der Waals surface area contributed by atoms with E-state index in [1.165, 1.54) is 6.39 Å². The minimum atomic E-state index is 0.697. The van der Waals surface area contributed by atoms with Crippen LogP contribution in [0.2, 0.25) is 0 Å². The van der Waals surface area contributed by atoms with Crippen LogP contribution in [0.25, 0.3) is 11.0 Å². The minimum Gasteiger partial charge on any atom is -0.399 e. The van der Waals surface area contributed by atoms with Gasteiger partial charge >= 0.3 is 0 Å². The van der Waals surface area contributed by atoms with Gasteiger partial charge in [-0.3, -0.25) is 0 Å². The molecule has 86 valence electrons. The van der Waals surface area contributed by atoms with Crippen molar-refractivity contribution in [2.24, 2.45) is 0 Å². The Kier molecular flexibility index (Phi) is 2.25. The molecule has 0 spiro atoms. The molecule has 6 heteroatoms. The van der Waals surface area contributed by atoms with E-state index in [9.17, 15) is 0 Å². The monoisotopic (exact) mass is 229 g/mol. The van der Waals surface area contributed by atoms with Crippen LogP contribution in [-0.2, 0) is 13.0 Å². The van der Waals surface area contributed by atoms with Gasteiger partial charge in [0.2, 0.25) is 6.39 Å². The summed E-state index contributed by atoms with van der Waals surface area (Å²) < 4.78 is 6.73. The Morgan fingerprint density at radius 2 is 2.24 bits per heavy atom. The lowest BCUT2D eigenvalue weighted by Gasteiger charge is -2.01. The summed E-state index contributed by atoms with van der Waals surface area (Å²) in [7, 11) is 0. The van der Waals surface area contributed by atoms with E-state index in [-0.39, 0.29) is 0 Å². The fourth-order valence-corrected chi connectivity index (χ4v) is 1.78. The zero-order chi connectivity index (χ0) is 11.7. The van der Waals surface area contributed by atoms with Gasteiger partial charge in [-0.25, -0.2) is 4.98 Å². The number of aromatic nitrogens is 4. The Balaban J connectivity index is 1.86. The second-order valence-electron chi connectivity index (χ2n) is 3.78. The van der Waals surface area contributed by atoms with Gasteiger partial charge in [0.15, 0.2) is 5.82 Å². The van der Waals surface area contributed by atoms with Crippen LogP contribution in [0.5, 0.6) is 0 Å². The molecule has 3 aromatic rings. The molecule has 0 fully saturated rings. The first-order valence-corrected chi connectivity index (χ1v) is 5.28. The molecule has 0 atom stereocenters. The SMILES string of the molecule is Nc1ccc2c(c1)ncn2CCc1ncon1. The number of anilines is 1. The first-order chi connectivity index (χ1) is 8.33. The first-order valence-electron chi connectivity index (χ1n) is 5.28. The molecule has 3 rings (SSSR count). The van der Waals surface area contributed by atoms with Crippen LogP contribution >= 0.6 is 0 Å². The van der Waals surface area contributed by atoms with Crippen LogP contribution in [-0.4, -0.2) is 19.7 Å². The lowest BCUT2D eigenvalue weighted by Crippen LogP contribution is -2.01. The van der Waals surface area contributed by atoms with Gasteiger partial charge in [-0.1, -0.05) is 5.16 Å². The number of rotatable bonds is 3. The van der Waals surface area contributed by atoms with Crippen LogP contribution in [0.4, 0.5) is 5.69 Å². The Bertz CT molecular complexity index is 628. The zero-order valence-electron chi connectivity index (χ0n) is 9.08. The topological polar surface area (TPSA) is 82.8 Å². The van der Waals surface area contributed by atoms with Crippen LogP contribution in [0.1, 0.15) is 5.82 Å². The molecule has 2 N–H and O–H groups in total. The Hall–Kier alpha value is -2.37. The lowest BCUT2D eigenvalue weighted by molar-refractivity contribution is 0.408.